The highest BCUT2D eigenvalue weighted by Crippen LogP contribution is 2.15. The molecule has 0 amide bonds. The fourth-order valence-corrected chi connectivity index (χ4v) is 2.87. The summed E-state index contributed by atoms with van der Waals surface area (Å²) in [5, 5.41) is 6.79. The molecule has 2 N–H and O–H groups in total. The Kier molecular flexibility index (Phi) is 8.12. The molecule has 26 heavy (non-hydrogen) atoms. The first-order valence-electron chi connectivity index (χ1n) is 9.48. The molecule has 1 aromatic rings. The predicted molar refractivity (Wildman–Crippen MR) is 105 cm³/mol. The molecule has 0 bridgehead atoms. The smallest absolute Gasteiger partial charge is 0.213 e. The molecular formula is C19H33N5O2. The lowest BCUT2D eigenvalue weighted by Gasteiger charge is -2.41. The average molecular weight is 364 g/mol. The zero-order valence-corrected chi connectivity index (χ0v) is 16.5. The minimum atomic E-state index is 0.0405. The Morgan fingerprint density at radius 1 is 1.31 bits per heavy atom. The molecule has 0 aliphatic carbocycles. The number of ether oxygens (including phenoxy) is 2. The molecule has 0 saturated carbocycles. The predicted octanol–water partition coefficient (Wildman–Crippen LogP) is 1.65. The number of guanidine groups is 1. The zero-order valence-electron chi connectivity index (χ0n) is 16.5. The third-order valence-corrected chi connectivity index (χ3v) is 4.41. The maximum atomic E-state index is 5.46. The van der Waals surface area contributed by atoms with Crippen molar-refractivity contribution in [3.05, 3.63) is 23.9 Å². The highest BCUT2D eigenvalue weighted by Gasteiger charge is 2.28. The van der Waals surface area contributed by atoms with E-state index in [-0.39, 0.29) is 5.54 Å². The first kappa shape index (κ1) is 20.5. The maximum Gasteiger partial charge on any atom is 0.213 e. The summed E-state index contributed by atoms with van der Waals surface area (Å²) >= 11 is 0. The SMILES string of the molecule is CCNC(=NCc1ccnc(OCC)c1)NCC(C)(C)N1CCOCC1. The summed E-state index contributed by atoms with van der Waals surface area (Å²) < 4.78 is 10.9. The highest BCUT2D eigenvalue weighted by molar-refractivity contribution is 5.79. The van der Waals surface area contributed by atoms with Crippen LogP contribution in [-0.4, -0.2) is 67.4 Å². The number of morpholine rings is 1. The van der Waals surface area contributed by atoms with Crippen molar-refractivity contribution < 1.29 is 9.47 Å². The van der Waals surface area contributed by atoms with Gasteiger partial charge >= 0.3 is 0 Å². The number of nitrogens with one attached hydrogen (secondary N) is 2. The van der Waals surface area contributed by atoms with Gasteiger partial charge in [0.2, 0.25) is 5.88 Å². The molecule has 1 fully saturated rings. The second kappa shape index (κ2) is 10.3. The molecule has 1 aromatic heterocycles. The van der Waals surface area contributed by atoms with Crippen molar-refractivity contribution in [2.24, 2.45) is 4.99 Å². The molecule has 7 nitrogen and oxygen atoms in total. The van der Waals surface area contributed by atoms with Gasteiger partial charge in [0.25, 0.3) is 0 Å². The number of hydrogen-bond donors (Lipinski definition) is 2. The molecule has 0 radical (unpaired) electrons. The van der Waals surface area contributed by atoms with Crippen molar-refractivity contribution in [2.45, 2.75) is 39.8 Å². The number of pyridine rings is 1. The van der Waals surface area contributed by atoms with Crippen LogP contribution in [0.2, 0.25) is 0 Å². The number of nitrogens with zero attached hydrogens (tertiary/aromatic N) is 3. The molecule has 2 heterocycles. The zero-order chi connectivity index (χ0) is 18.8. The molecule has 7 heteroatoms. The Morgan fingerprint density at radius 2 is 2.08 bits per heavy atom. The summed E-state index contributed by atoms with van der Waals surface area (Å²) in [6.45, 7) is 14.9. The van der Waals surface area contributed by atoms with E-state index in [9.17, 15) is 0 Å². The van der Waals surface area contributed by atoms with Crippen molar-refractivity contribution in [1.82, 2.24) is 20.5 Å². The van der Waals surface area contributed by atoms with E-state index >= 15 is 0 Å². The van der Waals surface area contributed by atoms with Gasteiger partial charge in [-0.1, -0.05) is 0 Å². The average Bonchev–Trinajstić information content (AvgIpc) is 2.65. The minimum Gasteiger partial charge on any atom is -0.478 e. The van der Waals surface area contributed by atoms with E-state index < -0.39 is 0 Å². The summed E-state index contributed by atoms with van der Waals surface area (Å²) in [5.41, 5.74) is 1.12. The quantitative estimate of drug-likeness (QED) is 0.541. The van der Waals surface area contributed by atoms with E-state index in [1.54, 1.807) is 6.20 Å². The largest absolute Gasteiger partial charge is 0.478 e. The van der Waals surface area contributed by atoms with Crippen LogP contribution >= 0.6 is 0 Å². The van der Waals surface area contributed by atoms with Gasteiger partial charge < -0.3 is 20.1 Å². The minimum absolute atomic E-state index is 0.0405. The Balaban J connectivity index is 1.94. The van der Waals surface area contributed by atoms with Crippen LogP contribution in [0.15, 0.2) is 23.3 Å². The molecule has 0 atom stereocenters. The highest BCUT2D eigenvalue weighted by atomic mass is 16.5. The van der Waals surface area contributed by atoms with E-state index in [0.29, 0.717) is 19.0 Å². The van der Waals surface area contributed by atoms with Crippen molar-refractivity contribution in [3.8, 4) is 5.88 Å². The molecule has 0 aromatic carbocycles. The van der Waals surface area contributed by atoms with Gasteiger partial charge in [0, 0.05) is 44.0 Å². The lowest BCUT2D eigenvalue weighted by atomic mass is 10.0. The first-order valence-corrected chi connectivity index (χ1v) is 9.48. The summed E-state index contributed by atoms with van der Waals surface area (Å²) in [4.78, 5) is 11.4. The van der Waals surface area contributed by atoms with Gasteiger partial charge in [0.05, 0.1) is 26.4 Å². The standard InChI is InChI=1S/C19H33N5O2/c1-5-20-18(22-14-16-7-8-21-17(13-16)26-6-2)23-15-19(3,4)24-9-11-25-12-10-24/h7-8,13H,5-6,9-12,14-15H2,1-4H3,(H2,20,22,23). The van der Waals surface area contributed by atoms with Crippen molar-refractivity contribution in [3.63, 3.8) is 0 Å². The normalized spacial score (nSPS) is 16.4. The molecular weight excluding hydrogens is 330 g/mol. The number of aromatic nitrogens is 1. The third-order valence-electron chi connectivity index (χ3n) is 4.41. The van der Waals surface area contributed by atoms with Crippen molar-refractivity contribution >= 4 is 5.96 Å². The van der Waals surface area contributed by atoms with Crippen molar-refractivity contribution in [2.75, 3.05) is 46.0 Å². The first-order chi connectivity index (χ1) is 12.5. The molecule has 1 saturated heterocycles. The van der Waals surface area contributed by atoms with Crippen LogP contribution in [0.1, 0.15) is 33.3 Å². The van der Waals surface area contributed by atoms with Crippen LogP contribution in [0.4, 0.5) is 0 Å². The molecule has 0 unspecified atom stereocenters. The van der Waals surface area contributed by atoms with E-state index in [4.69, 9.17) is 14.5 Å². The molecule has 2 rings (SSSR count). The van der Waals surface area contributed by atoms with E-state index in [1.807, 2.05) is 19.1 Å². The molecule has 146 valence electrons. The van der Waals surface area contributed by atoms with Crippen LogP contribution in [-0.2, 0) is 11.3 Å². The Hall–Kier alpha value is -1.86. The summed E-state index contributed by atoms with van der Waals surface area (Å²) in [6.07, 6.45) is 1.76. The lowest BCUT2D eigenvalue weighted by Crippen LogP contribution is -2.56. The van der Waals surface area contributed by atoms with Crippen molar-refractivity contribution in [1.29, 1.82) is 0 Å². The monoisotopic (exact) mass is 363 g/mol. The Bertz CT molecular complexity index is 571. The van der Waals surface area contributed by atoms with E-state index in [0.717, 1.165) is 50.9 Å². The van der Waals surface area contributed by atoms with Crippen LogP contribution in [0.25, 0.3) is 0 Å². The van der Waals surface area contributed by atoms with Gasteiger partial charge in [-0.15, -0.1) is 0 Å². The number of aliphatic imine (C=N–C) groups is 1. The second-order valence-corrected chi connectivity index (χ2v) is 6.90. The molecule has 0 spiro atoms. The second-order valence-electron chi connectivity index (χ2n) is 6.90. The fraction of sp³-hybridized carbons (Fsp3) is 0.684. The van der Waals surface area contributed by atoms with Gasteiger partial charge in [-0.2, -0.15) is 0 Å². The summed E-state index contributed by atoms with van der Waals surface area (Å²) in [6, 6.07) is 3.90. The van der Waals surface area contributed by atoms with Crippen LogP contribution in [0.5, 0.6) is 5.88 Å². The molecule has 1 aliphatic heterocycles. The lowest BCUT2D eigenvalue weighted by molar-refractivity contribution is -0.00834. The van der Waals surface area contributed by atoms with Crippen LogP contribution in [0.3, 0.4) is 0 Å². The summed E-state index contributed by atoms with van der Waals surface area (Å²) in [7, 11) is 0. The fourth-order valence-electron chi connectivity index (χ4n) is 2.87. The van der Waals surface area contributed by atoms with Crippen LogP contribution in [0, 0.1) is 0 Å². The van der Waals surface area contributed by atoms with Gasteiger partial charge in [-0.3, -0.25) is 4.90 Å². The maximum absolute atomic E-state index is 5.46. The van der Waals surface area contributed by atoms with E-state index in [2.05, 4.69) is 41.3 Å². The van der Waals surface area contributed by atoms with E-state index in [1.165, 1.54) is 0 Å². The number of rotatable bonds is 8. The van der Waals surface area contributed by atoms with Gasteiger partial charge in [-0.25, -0.2) is 9.98 Å². The Morgan fingerprint density at radius 3 is 2.77 bits per heavy atom. The van der Waals surface area contributed by atoms with Gasteiger partial charge in [0.1, 0.15) is 0 Å². The van der Waals surface area contributed by atoms with Gasteiger partial charge in [0.15, 0.2) is 5.96 Å². The van der Waals surface area contributed by atoms with Crippen LogP contribution < -0.4 is 15.4 Å². The molecule has 1 aliphatic rings. The topological polar surface area (TPSA) is 71.0 Å². The summed E-state index contributed by atoms with van der Waals surface area (Å²) in [5.74, 6) is 1.47. The third kappa shape index (κ3) is 6.46. The number of hydrogen-bond acceptors (Lipinski definition) is 5. The Labute approximate surface area is 157 Å². The van der Waals surface area contributed by atoms with Gasteiger partial charge in [-0.05, 0) is 39.3 Å².